The molecular weight excluding hydrogens is 272 g/mol. The first kappa shape index (κ1) is 15.2. The molecule has 6 nitrogen and oxygen atoms in total. The number of carbonyl (C=O) groups excluding carboxylic acids is 1. The first-order chi connectivity index (χ1) is 10.1. The van der Waals surface area contributed by atoms with Gasteiger partial charge in [-0.05, 0) is 37.0 Å². The van der Waals surface area contributed by atoms with Gasteiger partial charge in [0.25, 0.3) is 0 Å². The van der Waals surface area contributed by atoms with Crippen LogP contribution in [0.5, 0.6) is 5.75 Å². The molecule has 2 N–H and O–H groups in total. The predicted octanol–water partition coefficient (Wildman–Crippen LogP) is 1.50. The van der Waals surface area contributed by atoms with Gasteiger partial charge < -0.3 is 20.1 Å². The number of amides is 2. The minimum absolute atomic E-state index is 0.303. The summed E-state index contributed by atoms with van der Waals surface area (Å²) >= 11 is 0. The van der Waals surface area contributed by atoms with Gasteiger partial charge in [0.2, 0.25) is 0 Å². The van der Waals surface area contributed by atoms with Crippen molar-refractivity contribution in [1.29, 1.82) is 0 Å². The summed E-state index contributed by atoms with van der Waals surface area (Å²) in [7, 11) is 1.61. The highest BCUT2D eigenvalue weighted by Gasteiger charge is 2.33. The fourth-order valence-corrected chi connectivity index (χ4v) is 2.51. The molecule has 2 amide bonds. The lowest BCUT2D eigenvalue weighted by atomic mass is 10.1. The Morgan fingerprint density at radius 2 is 2.29 bits per heavy atom. The highest BCUT2D eigenvalue weighted by atomic mass is 16.5. The summed E-state index contributed by atoms with van der Waals surface area (Å²) in [6.07, 6.45) is 1.94. The quantitative estimate of drug-likeness (QED) is 0.862. The third-order valence-electron chi connectivity index (χ3n) is 3.62. The first-order valence-electron chi connectivity index (χ1n) is 7.02. The minimum atomic E-state index is -0.935. The average molecular weight is 292 g/mol. The molecule has 2 rings (SSSR count). The zero-order valence-electron chi connectivity index (χ0n) is 12.0. The molecule has 6 heteroatoms. The van der Waals surface area contributed by atoms with Crippen LogP contribution >= 0.6 is 0 Å². The molecule has 0 radical (unpaired) electrons. The maximum absolute atomic E-state index is 12.0. The van der Waals surface area contributed by atoms with E-state index >= 15 is 0 Å². The smallest absolute Gasteiger partial charge is 0.326 e. The van der Waals surface area contributed by atoms with Gasteiger partial charge in [0.1, 0.15) is 11.8 Å². The van der Waals surface area contributed by atoms with Gasteiger partial charge in [-0.25, -0.2) is 9.59 Å². The molecule has 21 heavy (non-hydrogen) atoms. The van der Waals surface area contributed by atoms with E-state index in [-0.39, 0.29) is 6.03 Å². The second kappa shape index (κ2) is 6.97. The van der Waals surface area contributed by atoms with E-state index in [1.165, 1.54) is 4.90 Å². The maximum Gasteiger partial charge on any atom is 0.326 e. The third-order valence-corrected chi connectivity index (χ3v) is 3.62. The van der Waals surface area contributed by atoms with Crippen LogP contribution in [0.15, 0.2) is 24.3 Å². The van der Waals surface area contributed by atoms with E-state index in [2.05, 4.69) is 5.32 Å². The van der Waals surface area contributed by atoms with E-state index in [9.17, 15) is 9.59 Å². The molecular formula is C15H20N2O4. The predicted molar refractivity (Wildman–Crippen MR) is 77.5 cm³/mol. The number of hydrogen-bond donors (Lipinski definition) is 2. The van der Waals surface area contributed by atoms with Gasteiger partial charge in [-0.1, -0.05) is 12.1 Å². The number of methoxy groups -OCH3 is 1. The molecule has 0 aromatic heterocycles. The molecule has 1 aromatic rings. The average Bonchev–Trinajstić information content (AvgIpc) is 2.97. The molecule has 0 aliphatic carbocycles. The number of rotatable bonds is 5. The van der Waals surface area contributed by atoms with E-state index in [4.69, 9.17) is 9.84 Å². The number of carbonyl (C=O) groups is 2. The Morgan fingerprint density at radius 3 is 3.00 bits per heavy atom. The number of urea groups is 1. The second-order valence-electron chi connectivity index (χ2n) is 5.02. The van der Waals surface area contributed by atoms with E-state index in [0.29, 0.717) is 25.9 Å². The summed E-state index contributed by atoms with van der Waals surface area (Å²) in [6.45, 7) is 0.969. The zero-order chi connectivity index (χ0) is 15.2. The second-order valence-corrected chi connectivity index (χ2v) is 5.02. The lowest BCUT2D eigenvalue weighted by molar-refractivity contribution is -0.141. The number of ether oxygens (including phenoxy) is 1. The van der Waals surface area contributed by atoms with Gasteiger partial charge in [-0.2, -0.15) is 0 Å². The highest BCUT2D eigenvalue weighted by Crippen LogP contribution is 2.17. The molecule has 1 aliphatic heterocycles. The number of aliphatic carboxylic acids is 1. The highest BCUT2D eigenvalue weighted by molar-refractivity contribution is 5.83. The van der Waals surface area contributed by atoms with Crippen LogP contribution in [0.25, 0.3) is 0 Å². The van der Waals surface area contributed by atoms with Crippen LogP contribution in [0.2, 0.25) is 0 Å². The Labute approximate surface area is 123 Å². The van der Waals surface area contributed by atoms with Crippen molar-refractivity contribution in [3.63, 3.8) is 0 Å². The van der Waals surface area contributed by atoms with Gasteiger partial charge in [0.05, 0.1) is 7.11 Å². The van der Waals surface area contributed by atoms with Crippen molar-refractivity contribution < 1.29 is 19.4 Å². The van der Waals surface area contributed by atoms with Crippen molar-refractivity contribution in [2.75, 3.05) is 20.2 Å². The molecule has 1 atom stereocenters. The zero-order valence-corrected chi connectivity index (χ0v) is 12.0. The molecule has 1 aliphatic rings. The molecule has 0 bridgehead atoms. The standard InChI is InChI=1S/C15H20N2O4/c1-21-12-5-2-4-11(10-12)7-8-16-15(20)17-9-3-6-13(17)14(18)19/h2,4-5,10,13H,3,6-9H2,1H3,(H,16,20)(H,18,19)/t13-/m1/s1. The lowest BCUT2D eigenvalue weighted by Gasteiger charge is -2.21. The van der Waals surface area contributed by atoms with Crippen molar-refractivity contribution in [2.24, 2.45) is 0 Å². The molecule has 0 saturated carbocycles. The number of hydrogen-bond acceptors (Lipinski definition) is 3. The van der Waals surface area contributed by atoms with Gasteiger partial charge in [0.15, 0.2) is 0 Å². The molecule has 1 saturated heterocycles. The van der Waals surface area contributed by atoms with Crippen LogP contribution < -0.4 is 10.1 Å². The van der Waals surface area contributed by atoms with Crippen LogP contribution in [0, 0.1) is 0 Å². The fourth-order valence-electron chi connectivity index (χ4n) is 2.51. The van der Waals surface area contributed by atoms with E-state index in [0.717, 1.165) is 17.7 Å². The Hall–Kier alpha value is -2.24. The summed E-state index contributed by atoms with van der Waals surface area (Å²) in [5, 5.41) is 11.8. The molecule has 1 fully saturated rings. The van der Waals surface area contributed by atoms with Crippen LogP contribution in [-0.4, -0.2) is 48.2 Å². The number of benzene rings is 1. The number of carboxylic acids is 1. The Bertz CT molecular complexity index is 518. The lowest BCUT2D eigenvalue weighted by Crippen LogP contribution is -2.46. The summed E-state index contributed by atoms with van der Waals surface area (Å²) < 4.78 is 5.14. The van der Waals surface area contributed by atoms with Gasteiger partial charge in [0, 0.05) is 13.1 Å². The topological polar surface area (TPSA) is 78.9 Å². The minimum Gasteiger partial charge on any atom is -0.497 e. The number of likely N-dealkylation sites (tertiary alicyclic amines) is 1. The molecule has 1 aromatic carbocycles. The Morgan fingerprint density at radius 1 is 1.48 bits per heavy atom. The van der Waals surface area contributed by atoms with Gasteiger partial charge in [-0.15, -0.1) is 0 Å². The molecule has 0 unspecified atom stereocenters. The van der Waals surface area contributed by atoms with Crippen molar-refractivity contribution >= 4 is 12.0 Å². The number of nitrogens with one attached hydrogen (secondary N) is 1. The maximum atomic E-state index is 12.0. The van der Waals surface area contributed by atoms with Crippen molar-refractivity contribution in [3.05, 3.63) is 29.8 Å². The van der Waals surface area contributed by atoms with Crippen molar-refractivity contribution in [2.45, 2.75) is 25.3 Å². The van der Waals surface area contributed by atoms with E-state index < -0.39 is 12.0 Å². The van der Waals surface area contributed by atoms with Gasteiger partial charge in [-0.3, -0.25) is 0 Å². The Balaban J connectivity index is 1.82. The summed E-state index contributed by atoms with van der Waals surface area (Å²) in [6, 6.07) is 6.65. The number of nitrogens with zero attached hydrogens (tertiary/aromatic N) is 1. The monoisotopic (exact) mass is 292 g/mol. The largest absolute Gasteiger partial charge is 0.497 e. The summed E-state index contributed by atoms with van der Waals surface area (Å²) in [4.78, 5) is 24.4. The first-order valence-corrected chi connectivity index (χ1v) is 7.02. The van der Waals surface area contributed by atoms with Crippen LogP contribution in [-0.2, 0) is 11.2 Å². The van der Waals surface area contributed by atoms with Crippen LogP contribution in [0.1, 0.15) is 18.4 Å². The van der Waals surface area contributed by atoms with Gasteiger partial charge >= 0.3 is 12.0 Å². The third kappa shape index (κ3) is 3.87. The van der Waals surface area contributed by atoms with Crippen LogP contribution in [0.4, 0.5) is 4.79 Å². The Kier molecular flexibility index (Phi) is 5.03. The molecule has 114 valence electrons. The molecule has 0 spiro atoms. The number of carboxylic acid groups (broad SMARTS) is 1. The SMILES string of the molecule is COc1cccc(CCNC(=O)N2CCC[C@@H]2C(=O)O)c1. The van der Waals surface area contributed by atoms with Crippen LogP contribution in [0.3, 0.4) is 0 Å². The fraction of sp³-hybridized carbons (Fsp3) is 0.467. The van der Waals surface area contributed by atoms with E-state index in [1.54, 1.807) is 7.11 Å². The molecule has 1 heterocycles. The van der Waals surface area contributed by atoms with E-state index in [1.807, 2.05) is 24.3 Å². The summed E-state index contributed by atoms with van der Waals surface area (Å²) in [5.41, 5.74) is 1.06. The van der Waals surface area contributed by atoms with Crippen molar-refractivity contribution in [1.82, 2.24) is 10.2 Å². The summed E-state index contributed by atoms with van der Waals surface area (Å²) in [5.74, 6) is -0.153. The van der Waals surface area contributed by atoms with Crippen molar-refractivity contribution in [3.8, 4) is 5.75 Å². The normalized spacial score (nSPS) is 17.6.